The number of fused-ring (bicyclic) bond motifs is 1. The van der Waals surface area contributed by atoms with Crippen molar-refractivity contribution in [1.29, 1.82) is 0 Å². The minimum absolute atomic E-state index is 0.295. The van der Waals surface area contributed by atoms with Crippen LogP contribution in [0.15, 0.2) is 54.9 Å². The summed E-state index contributed by atoms with van der Waals surface area (Å²) in [6.45, 7) is 2.72. The van der Waals surface area contributed by atoms with Gasteiger partial charge in [0.1, 0.15) is 0 Å². The minimum Gasteiger partial charge on any atom is -0.334 e. The predicted octanol–water partition coefficient (Wildman–Crippen LogP) is 2.46. The summed E-state index contributed by atoms with van der Waals surface area (Å²) < 4.78 is 0. The Hall–Kier alpha value is -2.20. The van der Waals surface area contributed by atoms with Crippen molar-refractivity contribution in [1.82, 2.24) is 14.8 Å². The molecule has 1 amide bonds. The van der Waals surface area contributed by atoms with E-state index in [2.05, 4.69) is 39.0 Å². The average Bonchev–Trinajstić information content (AvgIpc) is 3.10. The second-order valence-electron chi connectivity index (χ2n) is 6.46. The zero-order valence-corrected chi connectivity index (χ0v) is 13.1. The Morgan fingerprint density at radius 1 is 0.957 bits per heavy atom. The highest BCUT2D eigenvalue weighted by molar-refractivity contribution is 5.80. The summed E-state index contributed by atoms with van der Waals surface area (Å²) in [5.41, 5.74) is 2.49. The largest absolute Gasteiger partial charge is 0.334 e. The summed E-state index contributed by atoms with van der Waals surface area (Å²) >= 11 is 0. The SMILES string of the molecule is O=C1C[C@H]2[C@H](CCN2Cc2ccncc2)N1Cc1ccccc1. The number of hydrogen-bond donors (Lipinski definition) is 0. The second-order valence-corrected chi connectivity index (χ2v) is 6.46. The van der Waals surface area contributed by atoms with Crippen molar-refractivity contribution in [3.8, 4) is 0 Å². The van der Waals surface area contributed by atoms with Crippen LogP contribution in [-0.2, 0) is 17.9 Å². The zero-order chi connectivity index (χ0) is 15.6. The second kappa shape index (κ2) is 6.13. The normalized spacial score (nSPS) is 24.2. The van der Waals surface area contributed by atoms with Crippen molar-refractivity contribution in [3.05, 3.63) is 66.0 Å². The van der Waals surface area contributed by atoms with Crippen LogP contribution in [0.4, 0.5) is 0 Å². The lowest BCUT2D eigenvalue weighted by atomic mass is 10.1. The van der Waals surface area contributed by atoms with Gasteiger partial charge in [0.05, 0.1) is 0 Å². The summed E-state index contributed by atoms with van der Waals surface area (Å²) in [7, 11) is 0. The molecule has 0 aliphatic carbocycles. The monoisotopic (exact) mass is 307 g/mol. The summed E-state index contributed by atoms with van der Waals surface area (Å²) in [4.78, 5) is 21.1. The van der Waals surface area contributed by atoms with Crippen LogP contribution in [0, 0.1) is 0 Å². The van der Waals surface area contributed by atoms with Crippen LogP contribution in [0.25, 0.3) is 0 Å². The van der Waals surface area contributed by atoms with Gasteiger partial charge in [0.2, 0.25) is 5.91 Å². The molecule has 1 aromatic carbocycles. The lowest BCUT2D eigenvalue weighted by Gasteiger charge is -2.25. The van der Waals surface area contributed by atoms with Crippen LogP contribution >= 0.6 is 0 Å². The topological polar surface area (TPSA) is 36.4 Å². The standard InChI is InChI=1S/C19H21N3O/c23-19-12-18-17(22(19)14-15-4-2-1-3-5-15)8-11-21(18)13-16-6-9-20-10-7-16/h1-7,9-10,17-18H,8,11-14H2/t17-,18-/m0/s1. The van der Waals surface area contributed by atoms with Crippen molar-refractivity contribution in [2.24, 2.45) is 0 Å². The van der Waals surface area contributed by atoms with Gasteiger partial charge in [-0.25, -0.2) is 0 Å². The smallest absolute Gasteiger partial charge is 0.224 e. The number of carbonyl (C=O) groups is 1. The predicted molar refractivity (Wildman–Crippen MR) is 88.4 cm³/mol. The van der Waals surface area contributed by atoms with Gasteiger partial charge in [-0.05, 0) is 29.7 Å². The molecule has 2 aliphatic heterocycles. The van der Waals surface area contributed by atoms with E-state index in [1.165, 1.54) is 11.1 Å². The van der Waals surface area contributed by atoms with Crippen LogP contribution in [-0.4, -0.2) is 39.3 Å². The number of aromatic nitrogens is 1. The van der Waals surface area contributed by atoms with Crippen molar-refractivity contribution in [3.63, 3.8) is 0 Å². The highest BCUT2D eigenvalue weighted by atomic mass is 16.2. The van der Waals surface area contributed by atoms with Crippen LogP contribution < -0.4 is 0 Å². The molecule has 0 spiro atoms. The van der Waals surface area contributed by atoms with E-state index >= 15 is 0 Å². The van der Waals surface area contributed by atoms with Crippen LogP contribution in [0.5, 0.6) is 0 Å². The van der Waals surface area contributed by atoms with Crippen molar-refractivity contribution in [2.45, 2.75) is 38.0 Å². The first-order valence-corrected chi connectivity index (χ1v) is 8.27. The van der Waals surface area contributed by atoms with E-state index in [1.807, 2.05) is 30.6 Å². The van der Waals surface area contributed by atoms with Gasteiger partial charge in [-0.15, -0.1) is 0 Å². The molecule has 2 fully saturated rings. The number of pyridine rings is 1. The molecule has 2 aromatic rings. The number of nitrogens with zero attached hydrogens (tertiary/aromatic N) is 3. The van der Waals surface area contributed by atoms with E-state index in [-0.39, 0.29) is 0 Å². The van der Waals surface area contributed by atoms with Gasteiger partial charge in [-0.3, -0.25) is 14.7 Å². The van der Waals surface area contributed by atoms with E-state index in [1.54, 1.807) is 0 Å². The van der Waals surface area contributed by atoms with Crippen LogP contribution in [0.1, 0.15) is 24.0 Å². The molecule has 2 saturated heterocycles. The third kappa shape index (κ3) is 2.86. The molecule has 4 rings (SSSR count). The van der Waals surface area contributed by atoms with Gasteiger partial charge in [-0.2, -0.15) is 0 Å². The molecule has 4 nitrogen and oxygen atoms in total. The summed E-state index contributed by atoms with van der Waals surface area (Å²) in [5, 5.41) is 0. The maximum atomic E-state index is 12.5. The Morgan fingerprint density at radius 2 is 1.70 bits per heavy atom. The molecule has 118 valence electrons. The van der Waals surface area contributed by atoms with Crippen LogP contribution in [0.3, 0.4) is 0 Å². The number of amides is 1. The molecule has 0 N–H and O–H groups in total. The lowest BCUT2D eigenvalue weighted by Crippen LogP contribution is -2.36. The Bertz CT molecular complexity index is 674. The molecule has 3 heterocycles. The van der Waals surface area contributed by atoms with Crippen LogP contribution in [0.2, 0.25) is 0 Å². The Morgan fingerprint density at radius 3 is 2.48 bits per heavy atom. The maximum Gasteiger partial charge on any atom is 0.224 e. The zero-order valence-electron chi connectivity index (χ0n) is 13.1. The molecule has 4 heteroatoms. The lowest BCUT2D eigenvalue weighted by molar-refractivity contribution is -0.129. The van der Waals surface area contributed by atoms with E-state index in [9.17, 15) is 4.79 Å². The molecule has 2 aliphatic rings. The highest BCUT2D eigenvalue weighted by Gasteiger charge is 2.46. The summed E-state index contributed by atoms with van der Waals surface area (Å²) in [5.74, 6) is 0.295. The number of benzene rings is 1. The molecule has 0 radical (unpaired) electrons. The first-order chi connectivity index (χ1) is 11.3. The number of hydrogen-bond acceptors (Lipinski definition) is 3. The number of rotatable bonds is 4. The molecule has 0 unspecified atom stereocenters. The molecule has 0 bridgehead atoms. The molecular weight excluding hydrogens is 286 g/mol. The molecule has 23 heavy (non-hydrogen) atoms. The number of likely N-dealkylation sites (tertiary alicyclic amines) is 2. The highest BCUT2D eigenvalue weighted by Crippen LogP contribution is 2.34. The molecule has 1 aromatic heterocycles. The Balaban J connectivity index is 1.47. The van der Waals surface area contributed by atoms with Gasteiger partial charge in [0.15, 0.2) is 0 Å². The first-order valence-electron chi connectivity index (χ1n) is 8.27. The van der Waals surface area contributed by atoms with Crippen molar-refractivity contribution < 1.29 is 4.79 Å². The third-order valence-corrected chi connectivity index (χ3v) is 5.06. The summed E-state index contributed by atoms with van der Waals surface area (Å²) in [6, 6.07) is 15.1. The quantitative estimate of drug-likeness (QED) is 0.870. The molecule has 0 saturated carbocycles. The van der Waals surface area contributed by atoms with Crippen molar-refractivity contribution >= 4 is 5.91 Å². The Labute approximate surface area is 136 Å². The third-order valence-electron chi connectivity index (χ3n) is 5.06. The van der Waals surface area contributed by atoms with Gasteiger partial charge in [0.25, 0.3) is 0 Å². The van der Waals surface area contributed by atoms with E-state index < -0.39 is 0 Å². The van der Waals surface area contributed by atoms with E-state index in [0.29, 0.717) is 24.4 Å². The number of carbonyl (C=O) groups excluding carboxylic acids is 1. The fourth-order valence-corrected chi connectivity index (χ4v) is 3.91. The minimum atomic E-state index is 0.295. The maximum absolute atomic E-state index is 12.5. The van der Waals surface area contributed by atoms with Gasteiger partial charge < -0.3 is 4.90 Å². The molecule has 2 atom stereocenters. The first kappa shape index (κ1) is 14.4. The Kier molecular flexibility index (Phi) is 3.83. The van der Waals surface area contributed by atoms with Gasteiger partial charge in [-0.1, -0.05) is 30.3 Å². The average molecular weight is 307 g/mol. The van der Waals surface area contributed by atoms with E-state index in [0.717, 1.165) is 26.1 Å². The fourth-order valence-electron chi connectivity index (χ4n) is 3.91. The van der Waals surface area contributed by atoms with E-state index in [4.69, 9.17) is 0 Å². The van der Waals surface area contributed by atoms with Gasteiger partial charge in [0, 0.05) is 50.5 Å². The summed E-state index contributed by atoms with van der Waals surface area (Å²) in [6.07, 6.45) is 5.41. The molecular formula is C19H21N3O. The van der Waals surface area contributed by atoms with Gasteiger partial charge >= 0.3 is 0 Å². The van der Waals surface area contributed by atoms with Crippen molar-refractivity contribution in [2.75, 3.05) is 6.54 Å². The fraction of sp³-hybridized carbons (Fsp3) is 0.368.